The first-order valence-corrected chi connectivity index (χ1v) is 3.61. The van der Waals surface area contributed by atoms with Crippen molar-refractivity contribution in [2.75, 3.05) is 13.7 Å². The van der Waals surface area contributed by atoms with Crippen LogP contribution in [0.4, 0.5) is 0 Å². The van der Waals surface area contributed by atoms with Gasteiger partial charge in [-0.1, -0.05) is 20.8 Å². The molecule has 0 aromatic carbocycles. The van der Waals surface area contributed by atoms with Gasteiger partial charge < -0.3 is 4.74 Å². The van der Waals surface area contributed by atoms with E-state index in [1.807, 2.05) is 20.8 Å². The zero-order chi connectivity index (χ0) is 8.15. The van der Waals surface area contributed by atoms with E-state index in [9.17, 15) is 4.79 Å². The lowest BCUT2D eigenvalue weighted by molar-refractivity contribution is -0.127. The summed E-state index contributed by atoms with van der Waals surface area (Å²) < 4.78 is 4.73. The molecule has 0 aliphatic carbocycles. The Balaban J connectivity index is 3.71. The topological polar surface area (TPSA) is 26.3 Å². The second kappa shape index (κ2) is 4.45. The Morgan fingerprint density at radius 1 is 1.40 bits per heavy atom. The van der Waals surface area contributed by atoms with Crippen molar-refractivity contribution in [3.63, 3.8) is 0 Å². The van der Waals surface area contributed by atoms with Gasteiger partial charge in [-0.05, 0) is 5.92 Å². The Bertz CT molecular complexity index is 108. The standard InChI is InChI=1S/C8H16O2/c1-6(2)7(3)8(9)5-10-4/h6-7H,5H2,1-4H3. The molecule has 1 atom stereocenters. The minimum Gasteiger partial charge on any atom is -0.377 e. The number of hydrogen-bond donors (Lipinski definition) is 0. The van der Waals surface area contributed by atoms with Gasteiger partial charge >= 0.3 is 0 Å². The van der Waals surface area contributed by atoms with Crippen LogP contribution in [-0.4, -0.2) is 19.5 Å². The van der Waals surface area contributed by atoms with Crippen LogP contribution in [0.1, 0.15) is 20.8 Å². The number of ether oxygens (including phenoxy) is 1. The highest BCUT2D eigenvalue weighted by atomic mass is 16.5. The molecule has 0 radical (unpaired) electrons. The van der Waals surface area contributed by atoms with Gasteiger partial charge in [0, 0.05) is 13.0 Å². The lowest BCUT2D eigenvalue weighted by Crippen LogP contribution is -2.20. The van der Waals surface area contributed by atoms with Crippen molar-refractivity contribution in [2.45, 2.75) is 20.8 Å². The molecule has 0 fully saturated rings. The summed E-state index contributed by atoms with van der Waals surface area (Å²) in [4.78, 5) is 11.1. The normalized spacial score (nSPS) is 13.7. The Hall–Kier alpha value is -0.370. The number of rotatable bonds is 4. The number of hydrogen-bond acceptors (Lipinski definition) is 2. The zero-order valence-corrected chi connectivity index (χ0v) is 7.18. The SMILES string of the molecule is COCC(=O)C(C)C(C)C. The van der Waals surface area contributed by atoms with Gasteiger partial charge in [0.15, 0.2) is 5.78 Å². The summed E-state index contributed by atoms with van der Waals surface area (Å²) in [6, 6.07) is 0. The third kappa shape index (κ3) is 2.97. The van der Waals surface area contributed by atoms with Crippen LogP contribution in [0.5, 0.6) is 0 Å². The smallest absolute Gasteiger partial charge is 0.161 e. The predicted octanol–water partition coefficient (Wildman–Crippen LogP) is 1.49. The second-order valence-corrected chi connectivity index (χ2v) is 2.93. The van der Waals surface area contributed by atoms with Gasteiger partial charge in [0.05, 0.1) is 0 Å². The minimum absolute atomic E-state index is 0.125. The predicted molar refractivity (Wildman–Crippen MR) is 40.9 cm³/mol. The van der Waals surface area contributed by atoms with Crippen LogP contribution in [-0.2, 0) is 9.53 Å². The van der Waals surface area contributed by atoms with E-state index in [0.717, 1.165) is 0 Å². The molecule has 60 valence electrons. The molecular weight excluding hydrogens is 128 g/mol. The van der Waals surface area contributed by atoms with Crippen LogP contribution >= 0.6 is 0 Å². The van der Waals surface area contributed by atoms with Crippen molar-refractivity contribution >= 4 is 5.78 Å². The Morgan fingerprint density at radius 3 is 2.20 bits per heavy atom. The van der Waals surface area contributed by atoms with Gasteiger partial charge in [-0.2, -0.15) is 0 Å². The van der Waals surface area contributed by atoms with Gasteiger partial charge in [0.1, 0.15) is 6.61 Å². The number of Topliss-reactive ketones (excluding diaryl/α,β-unsaturated/α-hetero) is 1. The van der Waals surface area contributed by atoms with E-state index < -0.39 is 0 Å². The lowest BCUT2D eigenvalue weighted by atomic mass is 9.94. The largest absolute Gasteiger partial charge is 0.377 e. The highest BCUT2D eigenvalue weighted by Gasteiger charge is 2.15. The van der Waals surface area contributed by atoms with Crippen molar-refractivity contribution in [1.82, 2.24) is 0 Å². The maximum Gasteiger partial charge on any atom is 0.161 e. The summed E-state index contributed by atoms with van der Waals surface area (Å²) in [5.41, 5.74) is 0. The van der Waals surface area contributed by atoms with Crippen LogP contribution in [0.2, 0.25) is 0 Å². The van der Waals surface area contributed by atoms with Crippen molar-refractivity contribution in [1.29, 1.82) is 0 Å². The van der Waals surface area contributed by atoms with E-state index in [-0.39, 0.29) is 18.3 Å². The van der Waals surface area contributed by atoms with Crippen LogP contribution < -0.4 is 0 Å². The van der Waals surface area contributed by atoms with Gasteiger partial charge in [-0.15, -0.1) is 0 Å². The highest BCUT2D eigenvalue weighted by molar-refractivity contribution is 5.82. The third-order valence-electron chi connectivity index (χ3n) is 1.79. The van der Waals surface area contributed by atoms with Crippen molar-refractivity contribution in [2.24, 2.45) is 11.8 Å². The Kier molecular flexibility index (Phi) is 4.28. The first kappa shape index (κ1) is 9.63. The number of methoxy groups -OCH3 is 1. The van der Waals surface area contributed by atoms with Crippen LogP contribution in [0.25, 0.3) is 0 Å². The van der Waals surface area contributed by atoms with E-state index in [1.54, 1.807) is 7.11 Å². The van der Waals surface area contributed by atoms with Gasteiger partial charge in [0.25, 0.3) is 0 Å². The van der Waals surface area contributed by atoms with Crippen molar-refractivity contribution in [3.8, 4) is 0 Å². The van der Waals surface area contributed by atoms with E-state index in [4.69, 9.17) is 4.74 Å². The number of carbonyl (C=O) groups is 1. The monoisotopic (exact) mass is 144 g/mol. The average molecular weight is 144 g/mol. The minimum atomic E-state index is 0.125. The molecule has 0 spiro atoms. The molecule has 2 nitrogen and oxygen atoms in total. The summed E-state index contributed by atoms with van der Waals surface area (Å²) in [6.45, 7) is 6.27. The van der Waals surface area contributed by atoms with Crippen molar-refractivity contribution < 1.29 is 9.53 Å². The first-order chi connectivity index (χ1) is 4.59. The second-order valence-electron chi connectivity index (χ2n) is 2.93. The first-order valence-electron chi connectivity index (χ1n) is 3.61. The van der Waals surface area contributed by atoms with Gasteiger partial charge in [-0.3, -0.25) is 4.79 Å². The van der Waals surface area contributed by atoms with E-state index in [0.29, 0.717) is 5.92 Å². The Morgan fingerprint density at radius 2 is 1.90 bits per heavy atom. The summed E-state index contributed by atoms with van der Waals surface area (Å²) in [6.07, 6.45) is 0. The average Bonchev–Trinajstić information content (AvgIpc) is 1.87. The fourth-order valence-electron chi connectivity index (χ4n) is 0.645. The molecule has 2 heteroatoms. The van der Waals surface area contributed by atoms with Crippen LogP contribution in [0.15, 0.2) is 0 Å². The molecule has 0 N–H and O–H groups in total. The maximum atomic E-state index is 11.1. The van der Waals surface area contributed by atoms with Crippen LogP contribution in [0.3, 0.4) is 0 Å². The molecule has 0 bridgehead atoms. The summed E-state index contributed by atoms with van der Waals surface area (Å²) in [5, 5.41) is 0. The fourth-order valence-corrected chi connectivity index (χ4v) is 0.645. The van der Waals surface area contributed by atoms with E-state index in [1.165, 1.54) is 0 Å². The number of carbonyl (C=O) groups excluding carboxylic acids is 1. The molecule has 0 saturated carbocycles. The molecule has 0 saturated heterocycles. The molecule has 0 rings (SSSR count). The molecule has 0 aliphatic rings. The highest BCUT2D eigenvalue weighted by Crippen LogP contribution is 2.10. The van der Waals surface area contributed by atoms with Crippen molar-refractivity contribution in [3.05, 3.63) is 0 Å². The van der Waals surface area contributed by atoms with Gasteiger partial charge in [0.2, 0.25) is 0 Å². The Labute approximate surface area is 62.6 Å². The van der Waals surface area contributed by atoms with E-state index in [2.05, 4.69) is 0 Å². The lowest BCUT2D eigenvalue weighted by Gasteiger charge is -2.12. The zero-order valence-electron chi connectivity index (χ0n) is 7.18. The quantitative estimate of drug-likeness (QED) is 0.597. The molecule has 0 amide bonds. The summed E-state index contributed by atoms with van der Waals surface area (Å²) in [7, 11) is 1.55. The fraction of sp³-hybridized carbons (Fsp3) is 0.875. The molecule has 0 aliphatic heterocycles. The van der Waals surface area contributed by atoms with E-state index >= 15 is 0 Å². The molecule has 0 aromatic rings. The van der Waals surface area contributed by atoms with Gasteiger partial charge in [-0.25, -0.2) is 0 Å². The maximum absolute atomic E-state index is 11.1. The summed E-state index contributed by atoms with van der Waals surface area (Å²) >= 11 is 0. The number of ketones is 1. The molecular formula is C8H16O2. The van der Waals surface area contributed by atoms with Crippen LogP contribution in [0, 0.1) is 11.8 Å². The summed E-state index contributed by atoms with van der Waals surface area (Å²) in [5.74, 6) is 0.736. The molecule has 0 aromatic heterocycles. The molecule has 0 heterocycles. The molecule has 1 unspecified atom stereocenters. The molecule has 10 heavy (non-hydrogen) atoms. The third-order valence-corrected chi connectivity index (χ3v) is 1.79.